The fourth-order valence-electron chi connectivity index (χ4n) is 1.60. The highest BCUT2D eigenvalue weighted by atomic mass is 35.5. The van der Waals surface area contributed by atoms with E-state index in [4.69, 9.17) is 11.6 Å². The molecule has 0 aliphatic carbocycles. The van der Waals surface area contributed by atoms with Crippen LogP contribution in [0.2, 0.25) is 5.02 Å². The van der Waals surface area contributed by atoms with Crippen LogP contribution >= 0.6 is 11.6 Å². The Morgan fingerprint density at radius 1 is 1.44 bits per heavy atom. The number of benzene rings is 1. The van der Waals surface area contributed by atoms with Crippen LogP contribution in [0.5, 0.6) is 0 Å². The van der Waals surface area contributed by atoms with Crippen LogP contribution in [0.15, 0.2) is 18.2 Å². The third-order valence-electron chi connectivity index (χ3n) is 2.65. The minimum absolute atomic E-state index is 0.219. The van der Waals surface area contributed by atoms with Crippen LogP contribution < -0.4 is 5.32 Å². The highest BCUT2D eigenvalue weighted by molar-refractivity contribution is 6.30. The second-order valence-electron chi connectivity index (χ2n) is 4.20. The van der Waals surface area contributed by atoms with Crippen molar-refractivity contribution in [2.45, 2.75) is 26.7 Å². The number of hydrogen-bond acceptors (Lipinski definition) is 1. The first-order chi connectivity index (χ1) is 7.63. The molecule has 0 saturated heterocycles. The number of hydrogen-bond donors (Lipinski definition) is 1. The van der Waals surface area contributed by atoms with E-state index >= 15 is 0 Å². The molecular formula is C13H19ClFN. The Morgan fingerprint density at radius 3 is 2.81 bits per heavy atom. The fraction of sp³-hybridized carbons (Fsp3) is 0.538. The van der Waals surface area contributed by atoms with Crippen molar-refractivity contribution in [3.05, 3.63) is 34.6 Å². The molecule has 1 atom stereocenters. The van der Waals surface area contributed by atoms with Gasteiger partial charge in [0.2, 0.25) is 0 Å². The van der Waals surface area contributed by atoms with Gasteiger partial charge >= 0.3 is 0 Å². The van der Waals surface area contributed by atoms with Crippen molar-refractivity contribution in [2.24, 2.45) is 5.92 Å². The van der Waals surface area contributed by atoms with Gasteiger partial charge in [-0.1, -0.05) is 31.5 Å². The van der Waals surface area contributed by atoms with Gasteiger partial charge in [0.15, 0.2) is 0 Å². The summed E-state index contributed by atoms with van der Waals surface area (Å²) in [7, 11) is 0. The zero-order chi connectivity index (χ0) is 12.0. The molecular weight excluding hydrogens is 225 g/mol. The van der Waals surface area contributed by atoms with Gasteiger partial charge in [-0.05, 0) is 49.5 Å². The third-order valence-corrected chi connectivity index (χ3v) is 2.94. The number of halogens is 2. The smallest absolute Gasteiger partial charge is 0.141 e. The molecule has 0 heterocycles. The minimum atomic E-state index is -0.342. The molecule has 0 fully saturated rings. The molecule has 3 heteroatoms. The highest BCUT2D eigenvalue weighted by Gasteiger charge is 2.04. The maximum Gasteiger partial charge on any atom is 0.141 e. The van der Waals surface area contributed by atoms with E-state index in [1.165, 1.54) is 6.07 Å². The first kappa shape index (κ1) is 13.5. The molecule has 90 valence electrons. The average molecular weight is 244 g/mol. The quantitative estimate of drug-likeness (QED) is 0.804. The number of aryl methyl sites for hydroxylation is 1. The zero-order valence-electron chi connectivity index (χ0n) is 9.89. The molecule has 0 saturated carbocycles. The van der Waals surface area contributed by atoms with Crippen LogP contribution in [0.3, 0.4) is 0 Å². The van der Waals surface area contributed by atoms with Crippen LogP contribution in [-0.2, 0) is 6.42 Å². The van der Waals surface area contributed by atoms with Gasteiger partial charge in [0.1, 0.15) is 5.82 Å². The topological polar surface area (TPSA) is 12.0 Å². The van der Waals surface area contributed by atoms with E-state index in [2.05, 4.69) is 19.2 Å². The third kappa shape index (κ3) is 4.50. The summed E-state index contributed by atoms with van der Waals surface area (Å²) in [6.07, 6.45) is 2.04. The van der Waals surface area contributed by atoms with Gasteiger partial charge < -0.3 is 5.32 Å². The van der Waals surface area contributed by atoms with Gasteiger partial charge in [-0.15, -0.1) is 0 Å². The summed E-state index contributed by atoms with van der Waals surface area (Å²) in [6.45, 7) is 6.36. The highest BCUT2D eigenvalue weighted by Crippen LogP contribution is 2.18. The molecule has 1 nitrogen and oxygen atoms in total. The van der Waals surface area contributed by atoms with Gasteiger partial charge in [-0.3, -0.25) is 0 Å². The van der Waals surface area contributed by atoms with Gasteiger partial charge in [-0.25, -0.2) is 4.39 Å². The predicted octanol–water partition coefficient (Wildman–Crippen LogP) is 3.66. The largest absolute Gasteiger partial charge is 0.317 e. The Kier molecular flexibility index (Phi) is 5.78. The maximum absolute atomic E-state index is 12.9. The van der Waals surface area contributed by atoms with Crippen molar-refractivity contribution in [1.29, 1.82) is 0 Å². The van der Waals surface area contributed by atoms with E-state index in [-0.39, 0.29) is 10.8 Å². The second-order valence-corrected chi connectivity index (χ2v) is 4.61. The van der Waals surface area contributed by atoms with E-state index in [0.717, 1.165) is 31.5 Å². The van der Waals surface area contributed by atoms with Crippen molar-refractivity contribution in [1.82, 2.24) is 5.32 Å². The summed E-state index contributed by atoms with van der Waals surface area (Å²) in [4.78, 5) is 0. The van der Waals surface area contributed by atoms with Gasteiger partial charge in [0.05, 0.1) is 5.02 Å². The Bertz CT molecular complexity index is 328. The first-order valence-corrected chi connectivity index (χ1v) is 6.16. The molecule has 1 aromatic rings. The SMILES string of the molecule is CCNCC(C)CCc1ccc(F)c(Cl)c1. The molecule has 1 unspecified atom stereocenters. The zero-order valence-corrected chi connectivity index (χ0v) is 10.6. The fourth-order valence-corrected chi connectivity index (χ4v) is 1.80. The van der Waals surface area contributed by atoms with Crippen molar-refractivity contribution in [3.63, 3.8) is 0 Å². The molecule has 0 radical (unpaired) electrons. The summed E-state index contributed by atoms with van der Waals surface area (Å²) < 4.78 is 12.9. The Hall–Kier alpha value is -0.600. The Balaban J connectivity index is 2.39. The lowest BCUT2D eigenvalue weighted by molar-refractivity contribution is 0.489. The predicted molar refractivity (Wildman–Crippen MR) is 67.4 cm³/mol. The monoisotopic (exact) mass is 243 g/mol. The molecule has 0 bridgehead atoms. The van der Waals surface area contributed by atoms with Crippen LogP contribution in [0.1, 0.15) is 25.8 Å². The van der Waals surface area contributed by atoms with Gasteiger partial charge in [0, 0.05) is 0 Å². The molecule has 0 amide bonds. The average Bonchev–Trinajstić information content (AvgIpc) is 2.28. The first-order valence-electron chi connectivity index (χ1n) is 5.78. The molecule has 1 aromatic carbocycles. The van der Waals surface area contributed by atoms with E-state index < -0.39 is 0 Å². The van der Waals surface area contributed by atoms with Crippen LogP contribution in [0.4, 0.5) is 4.39 Å². The van der Waals surface area contributed by atoms with Crippen LogP contribution in [0, 0.1) is 11.7 Å². The summed E-state index contributed by atoms with van der Waals surface area (Å²) in [6, 6.07) is 4.96. The van der Waals surface area contributed by atoms with E-state index in [1.54, 1.807) is 12.1 Å². The molecule has 0 spiro atoms. The van der Waals surface area contributed by atoms with Crippen molar-refractivity contribution >= 4 is 11.6 Å². The molecule has 0 aliphatic heterocycles. The summed E-state index contributed by atoms with van der Waals surface area (Å²) in [5.74, 6) is 0.287. The van der Waals surface area contributed by atoms with E-state index in [1.807, 2.05) is 0 Å². The van der Waals surface area contributed by atoms with Gasteiger partial charge in [0.25, 0.3) is 0 Å². The lowest BCUT2D eigenvalue weighted by atomic mass is 10.0. The normalized spacial score (nSPS) is 12.8. The lowest BCUT2D eigenvalue weighted by Gasteiger charge is -2.11. The second kappa shape index (κ2) is 6.87. The summed E-state index contributed by atoms with van der Waals surface area (Å²) in [5.41, 5.74) is 1.11. The van der Waals surface area contributed by atoms with Crippen molar-refractivity contribution < 1.29 is 4.39 Å². The molecule has 0 aliphatic rings. The van der Waals surface area contributed by atoms with Crippen molar-refractivity contribution in [2.75, 3.05) is 13.1 Å². The van der Waals surface area contributed by atoms with Crippen LogP contribution in [0.25, 0.3) is 0 Å². The minimum Gasteiger partial charge on any atom is -0.317 e. The Morgan fingerprint density at radius 2 is 2.19 bits per heavy atom. The maximum atomic E-state index is 12.9. The molecule has 0 aromatic heterocycles. The van der Waals surface area contributed by atoms with Crippen LogP contribution in [-0.4, -0.2) is 13.1 Å². The molecule has 16 heavy (non-hydrogen) atoms. The molecule has 1 rings (SSSR count). The summed E-state index contributed by atoms with van der Waals surface area (Å²) >= 11 is 5.73. The van der Waals surface area contributed by atoms with Gasteiger partial charge in [-0.2, -0.15) is 0 Å². The lowest BCUT2D eigenvalue weighted by Crippen LogP contribution is -2.20. The van der Waals surface area contributed by atoms with E-state index in [0.29, 0.717) is 5.92 Å². The Labute approximate surface area is 102 Å². The summed E-state index contributed by atoms with van der Waals surface area (Å²) in [5, 5.41) is 3.54. The standard InChI is InChI=1S/C13H19ClFN/c1-3-16-9-10(2)4-5-11-6-7-13(15)12(14)8-11/h6-8,10,16H,3-5,9H2,1-2H3. The number of rotatable bonds is 6. The number of nitrogens with one attached hydrogen (secondary N) is 1. The van der Waals surface area contributed by atoms with E-state index in [9.17, 15) is 4.39 Å². The molecule has 1 N–H and O–H groups in total. The van der Waals surface area contributed by atoms with Crippen molar-refractivity contribution in [3.8, 4) is 0 Å².